The molecule has 0 bridgehead atoms. The van der Waals surface area contributed by atoms with Gasteiger partial charge in [-0.1, -0.05) is 11.3 Å². The molecule has 0 saturated heterocycles. The van der Waals surface area contributed by atoms with Gasteiger partial charge < -0.3 is 10.3 Å². The zero-order chi connectivity index (χ0) is 13.4. The van der Waals surface area contributed by atoms with Gasteiger partial charge in [0.15, 0.2) is 4.96 Å². The Morgan fingerprint density at radius 1 is 1.53 bits per heavy atom. The van der Waals surface area contributed by atoms with Gasteiger partial charge in [0, 0.05) is 6.20 Å². The number of aromatic nitrogens is 4. The molecule has 0 atom stereocenters. The maximum absolute atomic E-state index is 12.0. The second-order valence-electron chi connectivity index (χ2n) is 4.01. The maximum Gasteiger partial charge on any atom is 0.263 e. The Morgan fingerprint density at radius 2 is 2.37 bits per heavy atom. The third-order valence-electron chi connectivity index (χ3n) is 2.58. The maximum atomic E-state index is 12.0. The number of carbonyl (C=O) groups is 1. The molecule has 6 nitrogen and oxygen atoms in total. The number of amides is 1. The van der Waals surface area contributed by atoms with Crippen LogP contribution < -0.4 is 5.32 Å². The molecule has 3 aromatic rings. The topological polar surface area (TPSA) is 75.1 Å². The molecule has 0 aromatic carbocycles. The number of hydrogen-bond donors (Lipinski definition) is 2. The van der Waals surface area contributed by atoms with Crippen LogP contribution in [0.3, 0.4) is 0 Å². The average Bonchev–Trinajstić information content (AvgIpc) is 3.05. The third kappa shape index (κ3) is 2.41. The molecule has 3 aromatic heterocycles. The summed E-state index contributed by atoms with van der Waals surface area (Å²) in [5.41, 5.74) is 0.883. The van der Waals surface area contributed by atoms with E-state index in [4.69, 9.17) is 0 Å². The number of nitrogens with one attached hydrogen (secondary N) is 2. The summed E-state index contributed by atoms with van der Waals surface area (Å²) in [6, 6.07) is 0. The molecule has 98 valence electrons. The highest BCUT2D eigenvalue weighted by atomic mass is 79.9. The molecule has 0 aliphatic heterocycles. The lowest BCUT2D eigenvalue weighted by atomic mass is 10.4. The number of hydrogen-bond acceptors (Lipinski definition) is 4. The summed E-state index contributed by atoms with van der Waals surface area (Å²) < 4.78 is 2.67. The van der Waals surface area contributed by atoms with Crippen molar-refractivity contribution in [2.75, 3.05) is 0 Å². The molecule has 0 fully saturated rings. The Bertz CT molecular complexity index is 743. The zero-order valence-electron chi connectivity index (χ0n) is 9.98. The minimum Gasteiger partial charge on any atom is -0.346 e. The first-order valence-corrected chi connectivity index (χ1v) is 7.15. The van der Waals surface area contributed by atoms with Gasteiger partial charge in [-0.25, -0.2) is 9.97 Å². The molecule has 0 spiro atoms. The lowest BCUT2D eigenvalue weighted by Gasteiger charge is -2.00. The number of carbonyl (C=O) groups excluding carboxylic acids is 1. The van der Waals surface area contributed by atoms with E-state index in [1.54, 1.807) is 18.6 Å². The van der Waals surface area contributed by atoms with Crippen LogP contribution in [-0.2, 0) is 6.54 Å². The number of thiazole rings is 1. The fraction of sp³-hybridized carbons (Fsp3) is 0.182. The van der Waals surface area contributed by atoms with Gasteiger partial charge in [0.1, 0.15) is 15.3 Å². The van der Waals surface area contributed by atoms with Crippen LogP contribution in [0.2, 0.25) is 0 Å². The van der Waals surface area contributed by atoms with Gasteiger partial charge in [-0.2, -0.15) is 0 Å². The number of H-pyrrole nitrogens is 1. The van der Waals surface area contributed by atoms with E-state index in [2.05, 4.69) is 36.2 Å². The predicted molar refractivity (Wildman–Crippen MR) is 75.3 cm³/mol. The molecular weight excluding hydrogens is 330 g/mol. The van der Waals surface area contributed by atoms with E-state index in [1.165, 1.54) is 11.3 Å². The van der Waals surface area contributed by atoms with Gasteiger partial charge >= 0.3 is 0 Å². The Hall–Kier alpha value is -1.67. The second kappa shape index (κ2) is 4.78. The van der Waals surface area contributed by atoms with Crippen LogP contribution in [0.25, 0.3) is 4.96 Å². The number of aryl methyl sites for hydroxylation is 1. The van der Waals surface area contributed by atoms with Crippen molar-refractivity contribution in [2.45, 2.75) is 13.5 Å². The molecule has 0 aliphatic rings. The highest BCUT2D eigenvalue weighted by Crippen LogP contribution is 2.21. The third-order valence-corrected chi connectivity index (χ3v) is 4.17. The van der Waals surface area contributed by atoms with E-state index < -0.39 is 0 Å². The number of fused-ring (bicyclic) bond motifs is 1. The van der Waals surface area contributed by atoms with E-state index in [1.807, 2.05) is 11.3 Å². The van der Waals surface area contributed by atoms with Crippen molar-refractivity contribution in [3.63, 3.8) is 0 Å². The van der Waals surface area contributed by atoms with Crippen molar-refractivity contribution in [1.29, 1.82) is 0 Å². The van der Waals surface area contributed by atoms with Crippen LogP contribution in [-0.4, -0.2) is 25.3 Å². The summed E-state index contributed by atoms with van der Waals surface area (Å²) in [4.78, 5) is 24.8. The first-order valence-electron chi connectivity index (χ1n) is 5.54. The molecule has 19 heavy (non-hydrogen) atoms. The fourth-order valence-electron chi connectivity index (χ4n) is 1.69. The standard InChI is InChI=1S/C11H10BrN5OS/c1-6-13-2-7(16-6)3-14-10(18)8-5-17-9(12)4-15-11(17)19-8/h2,4-5H,3H2,1H3,(H,13,16)(H,14,18). The molecule has 1 amide bonds. The van der Waals surface area contributed by atoms with Crippen LogP contribution in [0.4, 0.5) is 0 Å². The number of nitrogens with zero attached hydrogens (tertiary/aromatic N) is 3. The van der Waals surface area contributed by atoms with Crippen LogP contribution in [0.15, 0.2) is 23.2 Å². The van der Waals surface area contributed by atoms with Gasteiger partial charge in [0.25, 0.3) is 5.91 Å². The zero-order valence-corrected chi connectivity index (χ0v) is 12.4. The SMILES string of the molecule is Cc1ncc(CNC(=O)c2cn3c(Br)cnc3s2)[nH]1. The molecule has 3 rings (SSSR count). The van der Waals surface area contributed by atoms with Crippen LogP contribution in [0, 0.1) is 6.92 Å². The van der Waals surface area contributed by atoms with Crippen molar-refractivity contribution in [2.24, 2.45) is 0 Å². The van der Waals surface area contributed by atoms with E-state index in [0.717, 1.165) is 21.1 Å². The Balaban J connectivity index is 1.72. The predicted octanol–water partition coefficient (Wildman–Crippen LogP) is 2.12. The largest absolute Gasteiger partial charge is 0.346 e. The van der Waals surface area contributed by atoms with E-state index in [0.29, 0.717) is 11.4 Å². The number of aromatic amines is 1. The van der Waals surface area contributed by atoms with E-state index in [9.17, 15) is 4.79 Å². The quantitative estimate of drug-likeness (QED) is 0.767. The van der Waals surface area contributed by atoms with Crippen LogP contribution in [0.5, 0.6) is 0 Å². The normalized spacial score (nSPS) is 11.1. The first kappa shape index (κ1) is 12.4. The summed E-state index contributed by atoms with van der Waals surface area (Å²) in [5.74, 6) is 0.720. The van der Waals surface area contributed by atoms with Gasteiger partial charge in [-0.15, -0.1) is 0 Å². The monoisotopic (exact) mass is 339 g/mol. The summed E-state index contributed by atoms with van der Waals surface area (Å²) in [7, 11) is 0. The molecule has 3 heterocycles. The minimum absolute atomic E-state index is 0.116. The van der Waals surface area contributed by atoms with Gasteiger partial charge in [-0.05, 0) is 22.9 Å². The van der Waals surface area contributed by atoms with Gasteiger partial charge in [-0.3, -0.25) is 9.20 Å². The molecular formula is C11H10BrN5OS. The molecule has 2 N–H and O–H groups in total. The Labute approximate surface area is 121 Å². The van der Waals surface area contributed by atoms with Crippen molar-refractivity contribution < 1.29 is 4.79 Å². The molecule has 8 heteroatoms. The molecule has 0 saturated carbocycles. The summed E-state index contributed by atoms with van der Waals surface area (Å²) in [5, 5.41) is 2.84. The fourth-order valence-corrected chi connectivity index (χ4v) is 3.05. The van der Waals surface area contributed by atoms with Crippen LogP contribution in [0.1, 0.15) is 21.2 Å². The summed E-state index contributed by atoms with van der Waals surface area (Å²) >= 11 is 4.72. The van der Waals surface area contributed by atoms with Crippen molar-refractivity contribution in [3.05, 3.63) is 39.6 Å². The second-order valence-corrected chi connectivity index (χ2v) is 5.83. The van der Waals surface area contributed by atoms with Gasteiger partial charge in [0.2, 0.25) is 0 Å². The Morgan fingerprint density at radius 3 is 3.05 bits per heavy atom. The first-order chi connectivity index (χ1) is 9.13. The average molecular weight is 340 g/mol. The summed E-state index contributed by atoms with van der Waals surface area (Å²) in [6.07, 6.45) is 5.19. The Kier molecular flexibility index (Phi) is 3.11. The molecule has 0 aliphatic carbocycles. The van der Waals surface area contributed by atoms with E-state index in [-0.39, 0.29) is 5.91 Å². The smallest absolute Gasteiger partial charge is 0.263 e. The van der Waals surface area contributed by atoms with Gasteiger partial charge in [0.05, 0.1) is 24.6 Å². The number of imidazole rings is 2. The molecule has 0 radical (unpaired) electrons. The summed E-state index contributed by atoms with van der Waals surface area (Å²) in [6.45, 7) is 2.30. The number of rotatable bonds is 3. The molecule has 0 unspecified atom stereocenters. The minimum atomic E-state index is -0.116. The lowest BCUT2D eigenvalue weighted by molar-refractivity contribution is 0.0954. The van der Waals surface area contributed by atoms with Crippen molar-refractivity contribution in [3.8, 4) is 0 Å². The van der Waals surface area contributed by atoms with Crippen LogP contribution >= 0.6 is 27.3 Å². The highest BCUT2D eigenvalue weighted by Gasteiger charge is 2.12. The van der Waals surface area contributed by atoms with E-state index >= 15 is 0 Å². The van der Waals surface area contributed by atoms with Crippen molar-refractivity contribution in [1.82, 2.24) is 24.7 Å². The highest BCUT2D eigenvalue weighted by molar-refractivity contribution is 9.10. The lowest BCUT2D eigenvalue weighted by Crippen LogP contribution is -2.22. The van der Waals surface area contributed by atoms with Crippen molar-refractivity contribution >= 4 is 38.1 Å². The number of halogens is 1.